The Labute approximate surface area is 144 Å². The average Bonchev–Trinajstić information content (AvgIpc) is 3.23. The smallest absolute Gasteiger partial charge is 0.233 e. The third kappa shape index (κ3) is 3.35. The number of aromatic nitrogens is 1. The molecule has 130 valence electrons. The molecule has 1 saturated heterocycles. The molecule has 1 aliphatic rings. The van der Waals surface area contributed by atoms with Gasteiger partial charge in [-0.1, -0.05) is 6.07 Å². The number of nitrogens with zero attached hydrogens (tertiary/aromatic N) is 2. The lowest BCUT2D eigenvalue weighted by Crippen LogP contribution is -2.25. The van der Waals surface area contributed by atoms with Crippen molar-refractivity contribution in [3.8, 4) is 11.5 Å². The van der Waals surface area contributed by atoms with E-state index in [-0.39, 0.29) is 11.5 Å². The van der Waals surface area contributed by atoms with Gasteiger partial charge in [-0.05, 0) is 50.2 Å². The van der Waals surface area contributed by atoms with Gasteiger partial charge < -0.3 is 14.6 Å². The number of fused-ring (bicyclic) bond motifs is 1. The molecule has 1 aromatic heterocycles. The normalized spacial score (nSPS) is 15.1. The van der Waals surface area contributed by atoms with Crippen molar-refractivity contribution in [3.05, 3.63) is 48.0 Å². The molecule has 0 aliphatic carbocycles. The molecule has 2 heterocycles. The molecule has 0 atom stereocenters. The van der Waals surface area contributed by atoms with E-state index in [9.17, 15) is 8.78 Å². The first-order chi connectivity index (χ1) is 12.2. The Morgan fingerprint density at radius 2 is 1.84 bits per heavy atom. The summed E-state index contributed by atoms with van der Waals surface area (Å²) in [5.74, 6) is -1.41. The summed E-state index contributed by atoms with van der Waals surface area (Å²) in [5.41, 5.74) is 1.75. The molecule has 6 heteroatoms. The topological polar surface area (TPSA) is 41.3 Å². The van der Waals surface area contributed by atoms with Crippen LogP contribution in [0.1, 0.15) is 12.8 Å². The number of nitrogens with one attached hydrogen (secondary N) is 1. The van der Waals surface area contributed by atoms with Crippen molar-refractivity contribution in [2.45, 2.75) is 12.8 Å². The van der Waals surface area contributed by atoms with Crippen molar-refractivity contribution in [2.24, 2.45) is 0 Å². The zero-order valence-corrected chi connectivity index (χ0v) is 13.8. The van der Waals surface area contributed by atoms with Crippen LogP contribution >= 0.6 is 0 Å². The standard InChI is InChI=1S/C19H19F2N3O/c20-14-4-3-5-15(21)18(14)19-23-16-7-6-13(12-17(16)25-19)22-8-11-24-9-1-2-10-24/h3-7,12,22H,1-2,8-11H2. The molecule has 2 aromatic carbocycles. The summed E-state index contributed by atoms with van der Waals surface area (Å²) in [4.78, 5) is 6.64. The van der Waals surface area contributed by atoms with Crippen LogP contribution < -0.4 is 5.32 Å². The fourth-order valence-electron chi connectivity index (χ4n) is 3.21. The molecule has 0 amide bonds. The zero-order valence-electron chi connectivity index (χ0n) is 13.8. The molecule has 0 spiro atoms. The van der Waals surface area contributed by atoms with Gasteiger partial charge in [0, 0.05) is 24.8 Å². The van der Waals surface area contributed by atoms with Gasteiger partial charge in [0.2, 0.25) is 5.89 Å². The fourth-order valence-corrected chi connectivity index (χ4v) is 3.21. The zero-order chi connectivity index (χ0) is 17.2. The van der Waals surface area contributed by atoms with Crippen LogP contribution in [0, 0.1) is 11.6 Å². The second kappa shape index (κ2) is 6.80. The predicted octanol–water partition coefficient (Wildman–Crippen LogP) is 4.28. The Kier molecular flexibility index (Phi) is 4.36. The summed E-state index contributed by atoms with van der Waals surface area (Å²) >= 11 is 0. The second-order valence-electron chi connectivity index (χ2n) is 6.27. The third-order valence-electron chi connectivity index (χ3n) is 4.52. The monoisotopic (exact) mass is 343 g/mol. The highest BCUT2D eigenvalue weighted by Gasteiger charge is 2.17. The van der Waals surface area contributed by atoms with Crippen LogP contribution in [0.25, 0.3) is 22.6 Å². The van der Waals surface area contributed by atoms with Crippen molar-refractivity contribution in [1.29, 1.82) is 0 Å². The van der Waals surface area contributed by atoms with Crippen LogP contribution in [0.4, 0.5) is 14.5 Å². The van der Waals surface area contributed by atoms with E-state index in [1.807, 2.05) is 12.1 Å². The van der Waals surface area contributed by atoms with Crippen LogP contribution in [0.3, 0.4) is 0 Å². The summed E-state index contributed by atoms with van der Waals surface area (Å²) in [5, 5.41) is 3.36. The quantitative estimate of drug-likeness (QED) is 0.751. The minimum Gasteiger partial charge on any atom is -0.436 e. The lowest BCUT2D eigenvalue weighted by atomic mass is 10.2. The van der Waals surface area contributed by atoms with E-state index in [1.54, 1.807) is 6.07 Å². The summed E-state index contributed by atoms with van der Waals surface area (Å²) < 4.78 is 33.4. The van der Waals surface area contributed by atoms with Crippen molar-refractivity contribution >= 4 is 16.8 Å². The molecule has 0 saturated carbocycles. The number of rotatable bonds is 5. The van der Waals surface area contributed by atoms with E-state index in [0.29, 0.717) is 11.1 Å². The SMILES string of the molecule is Fc1cccc(F)c1-c1nc2ccc(NCCN3CCCC3)cc2o1. The Morgan fingerprint density at radius 3 is 2.60 bits per heavy atom. The first-order valence-electron chi connectivity index (χ1n) is 8.52. The van der Waals surface area contributed by atoms with Crippen LogP contribution in [-0.4, -0.2) is 36.1 Å². The number of likely N-dealkylation sites (tertiary alicyclic amines) is 1. The van der Waals surface area contributed by atoms with Crippen LogP contribution in [0.15, 0.2) is 40.8 Å². The van der Waals surface area contributed by atoms with Gasteiger partial charge in [0.15, 0.2) is 5.58 Å². The summed E-state index contributed by atoms with van der Waals surface area (Å²) in [6, 6.07) is 9.21. The molecule has 1 aliphatic heterocycles. The van der Waals surface area contributed by atoms with Crippen molar-refractivity contribution in [1.82, 2.24) is 9.88 Å². The lowest BCUT2D eigenvalue weighted by Gasteiger charge is -2.15. The molecule has 0 unspecified atom stereocenters. The van der Waals surface area contributed by atoms with Crippen molar-refractivity contribution < 1.29 is 13.2 Å². The molecular formula is C19H19F2N3O. The number of halogens is 2. The molecule has 1 fully saturated rings. The maximum atomic E-state index is 13.9. The second-order valence-corrected chi connectivity index (χ2v) is 6.27. The number of hydrogen-bond acceptors (Lipinski definition) is 4. The molecule has 3 aromatic rings. The Hall–Kier alpha value is -2.47. The first-order valence-corrected chi connectivity index (χ1v) is 8.52. The van der Waals surface area contributed by atoms with Gasteiger partial charge in [0.1, 0.15) is 22.7 Å². The molecule has 1 N–H and O–H groups in total. The van der Waals surface area contributed by atoms with Crippen molar-refractivity contribution in [3.63, 3.8) is 0 Å². The minimum atomic E-state index is -0.685. The van der Waals surface area contributed by atoms with E-state index in [0.717, 1.165) is 18.8 Å². The molecule has 0 bridgehead atoms. The van der Waals surface area contributed by atoms with Gasteiger partial charge in [-0.2, -0.15) is 0 Å². The van der Waals surface area contributed by atoms with Crippen LogP contribution in [-0.2, 0) is 0 Å². The average molecular weight is 343 g/mol. The number of oxazole rings is 1. The van der Waals surface area contributed by atoms with Crippen LogP contribution in [0.5, 0.6) is 0 Å². The van der Waals surface area contributed by atoms with Gasteiger partial charge in [-0.25, -0.2) is 13.8 Å². The highest BCUT2D eigenvalue weighted by molar-refractivity contribution is 5.80. The number of benzene rings is 2. The number of hydrogen-bond donors (Lipinski definition) is 1. The van der Waals surface area contributed by atoms with Gasteiger partial charge >= 0.3 is 0 Å². The molecular weight excluding hydrogens is 324 g/mol. The molecule has 4 rings (SSSR count). The Morgan fingerprint density at radius 1 is 1.08 bits per heavy atom. The number of anilines is 1. The van der Waals surface area contributed by atoms with E-state index >= 15 is 0 Å². The van der Waals surface area contributed by atoms with E-state index in [2.05, 4.69) is 15.2 Å². The summed E-state index contributed by atoms with van der Waals surface area (Å²) in [6.07, 6.45) is 2.55. The fraction of sp³-hybridized carbons (Fsp3) is 0.316. The van der Waals surface area contributed by atoms with Gasteiger partial charge in [-0.15, -0.1) is 0 Å². The van der Waals surface area contributed by atoms with Crippen LogP contribution in [0.2, 0.25) is 0 Å². The van der Waals surface area contributed by atoms with E-state index < -0.39 is 11.6 Å². The van der Waals surface area contributed by atoms with Gasteiger partial charge in [-0.3, -0.25) is 0 Å². The van der Waals surface area contributed by atoms with Gasteiger partial charge in [0.05, 0.1) is 0 Å². The van der Waals surface area contributed by atoms with E-state index in [4.69, 9.17) is 4.42 Å². The lowest BCUT2D eigenvalue weighted by molar-refractivity contribution is 0.352. The molecule has 0 radical (unpaired) electrons. The Bertz CT molecular complexity index is 867. The first kappa shape index (κ1) is 16.0. The van der Waals surface area contributed by atoms with Gasteiger partial charge in [0.25, 0.3) is 0 Å². The third-order valence-corrected chi connectivity index (χ3v) is 4.52. The summed E-state index contributed by atoms with van der Waals surface area (Å²) in [6.45, 7) is 4.18. The Balaban J connectivity index is 1.53. The highest BCUT2D eigenvalue weighted by atomic mass is 19.1. The van der Waals surface area contributed by atoms with Crippen molar-refractivity contribution in [2.75, 3.05) is 31.5 Å². The largest absolute Gasteiger partial charge is 0.436 e. The molecule has 4 nitrogen and oxygen atoms in total. The maximum absolute atomic E-state index is 13.9. The minimum absolute atomic E-state index is 0.0418. The van der Waals surface area contributed by atoms with E-state index in [1.165, 1.54) is 44.1 Å². The summed E-state index contributed by atoms with van der Waals surface area (Å²) in [7, 11) is 0. The highest BCUT2D eigenvalue weighted by Crippen LogP contribution is 2.29. The molecule has 25 heavy (non-hydrogen) atoms. The predicted molar refractivity (Wildman–Crippen MR) is 93.5 cm³/mol. The maximum Gasteiger partial charge on any atom is 0.233 e.